The van der Waals surface area contributed by atoms with Crippen molar-refractivity contribution >= 4 is 11.9 Å². The van der Waals surface area contributed by atoms with E-state index in [1.807, 2.05) is 24.3 Å². The Hall–Kier alpha value is -3.12. The molecule has 6 nitrogen and oxygen atoms in total. The molecule has 0 bridgehead atoms. The van der Waals surface area contributed by atoms with E-state index in [0.717, 1.165) is 51.4 Å². The molecule has 1 N–H and O–H groups in total. The molecule has 0 heterocycles. The molecule has 182 valence electrons. The van der Waals surface area contributed by atoms with Gasteiger partial charge in [-0.05, 0) is 99.2 Å². The van der Waals surface area contributed by atoms with E-state index in [9.17, 15) is 14.7 Å². The van der Waals surface area contributed by atoms with Crippen LogP contribution in [0.2, 0.25) is 0 Å². The lowest BCUT2D eigenvalue weighted by Crippen LogP contribution is -2.16. The number of aliphatic hydroxyl groups is 1. The van der Waals surface area contributed by atoms with Crippen molar-refractivity contribution < 1.29 is 28.9 Å². The lowest BCUT2D eigenvalue weighted by molar-refractivity contribution is -0.137. The van der Waals surface area contributed by atoms with Crippen LogP contribution in [0.1, 0.15) is 73.2 Å². The highest BCUT2D eigenvalue weighted by molar-refractivity contribution is 5.91. The molecule has 1 saturated carbocycles. The Morgan fingerprint density at radius 3 is 2.12 bits per heavy atom. The number of hydrogen-bond acceptors (Lipinski definition) is 6. The summed E-state index contributed by atoms with van der Waals surface area (Å²) in [4.78, 5) is 23.4. The fraction of sp³-hybridized carbons (Fsp3) is 0.429. The molecule has 0 aliphatic heterocycles. The monoisotopic (exact) mass is 466 g/mol. The van der Waals surface area contributed by atoms with Crippen molar-refractivity contribution in [3.63, 3.8) is 0 Å². The van der Waals surface area contributed by atoms with Gasteiger partial charge in [0, 0.05) is 6.08 Å². The van der Waals surface area contributed by atoms with Crippen molar-refractivity contribution in [3.8, 4) is 11.5 Å². The second kappa shape index (κ2) is 13.6. The van der Waals surface area contributed by atoms with Crippen molar-refractivity contribution in [1.29, 1.82) is 0 Å². The Balaban J connectivity index is 1.35. The quantitative estimate of drug-likeness (QED) is 0.190. The van der Waals surface area contributed by atoms with Gasteiger partial charge in [-0.3, -0.25) is 0 Å². The fourth-order valence-electron chi connectivity index (χ4n) is 4.05. The molecule has 2 aromatic rings. The molecule has 1 aliphatic carbocycles. The molecule has 6 heteroatoms. The van der Waals surface area contributed by atoms with E-state index >= 15 is 0 Å². The predicted molar refractivity (Wildman–Crippen MR) is 130 cm³/mol. The van der Waals surface area contributed by atoms with Crippen LogP contribution in [0.15, 0.2) is 61.2 Å². The van der Waals surface area contributed by atoms with E-state index in [1.54, 1.807) is 24.3 Å². The first-order valence-corrected chi connectivity index (χ1v) is 12.1. The van der Waals surface area contributed by atoms with Gasteiger partial charge in [0.15, 0.2) is 0 Å². The molecular formula is C28H34O6. The van der Waals surface area contributed by atoms with Crippen LogP contribution in [-0.2, 0) is 9.53 Å². The maximum Gasteiger partial charge on any atom is 0.343 e. The smallest absolute Gasteiger partial charge is 0.343 e. The van der Waals surface area contributed by atoms with Gasteiger partial charge in [-0.2, -0.15) is 0 Å². The molecule has 0 amide bonds. The standard InChI is InChI=1S/C28H34O6/c1-2-27(30)33-20-6-4-3-5-19-32-25-15-11-23(12-16-25)28(31)34-26-17-9-22(10-18-26)21-7-13-24(29)14-8-21/h2,9-12,15-18,21,24,29H,1,3-8,13-14,19-20H2. The van der Waals surface area contributed by atoms with Crippen LogP contribution < -0.4 is 9.47 Å². The van der Waals surface area contributed by atoms with Crippen LogP contribution in [0.25, 0.3) is 0 Å². The Kier molecular flexibility index (Phi) is 10.2. The van der Waals surface area contributed by atoms with Gasteiger partial charge in [-0.1, -0.05) is 18.7 Å². The molecule has 0 saturated heterocycles. The summed E-state index contributed by atoms with van der Waals surface area (Å²) in [6, 6.07) is 14.6. The maximum absolute atomic E-state index is 12.5. The van der Waals surface area contributed by atoms with E-state index < -0.39 is 5.97 Å². The van der Waals surface area contributed by atoms with Crippen LogP contribution >= 0.6 is 0 Å². The summed E-state index contributed by atoms with van der Waals surface area (Å²) in [6.07, 6.45) is 8.33. The molecule has 1 aliphatic rings. The van der Waals surface area contributed by atoms with Gasteiger partial charge in [-0.15, -0.1) is 0 Å². The van der Waals surface area contributed by atoms with Crippen LogP contribution in [0.5, 0.6) is 11.5 Å². The van der Waals surface area contributed by atoms with Gasteiger partial charge < -0.3 is 19.3 Å². The lowest BCUT2D eigenvalue weighted by atomic mass is 9.83. The van der Waals surface area contributed by atoms with Crippen LogP contribution in [-0.4, -0.2) is 36.4 Å². The summed E-state index contributed by atoms with van der Waals surface area (Å²) in [7, 11) is 0. The summed E-state index contributed by atoms with van der Waals surface area (Å²) >= 11 is 0. The zero-order valence-electron chi connectivity index (χ0n) is 19.6. The third kappa shape index (κ3) is 8.34. The number of ether oxygens (including phenoxy) is 3. The van der Waals surface area contributed by atoms with Crippen molar-refractivity contribution in [2.45, 2.75) is 63.4 Å². The van der Waals surface area contributed by atoms with E-state index in [2.05, 4.69) is 6.58 Å². The predicted octanol–water partition coefficient (Wildman–Crippen LogP) is 5.59. The highest BCUT2D eigenvalue weighted by atomic mass is 16.5. The first-order valence-electron chi connectivity index (χ1n) is 12.1. The number of rotatable bonds is 12. The molecule has 2 aromatic carbocycles. The first kappa shape index (κ1) is 25.5. The van der Waals surface area contributed by atoms with Gasteiger partial charge in [0.2, 0.25) is 0 Å². The van der Waals surface area contributed by atoms with Gasteiger partial charge >= 0.3 is 11.9 Å². The van der Waals surface area contributed by atoms with Crippen molar-refractivity contribution in [2.24, 2.45) is 0 Å². The van der Waals surface area contributed by atoms with Crippen LogP contribution in [0.3, 0.4) is 0 Å². The summed E-state index contributed by atoms with van der Waals surface area (Å²) in [6.45, 7) is 4.36. The Morgan fingerprint density at radius 2 is 1.47 bits per heavy atom. The minimum absolute atomic E-state index is 0.166. The number of esters is 2. The fourth-order valence-corrected chi connectivity index (χ4v) is 4.05. The molecule has 0 spiro atoms. The number of hydrogen-bond donors (Lipinski definition) is 1. The van der Waals surface area contributed by atoms with Crippen molar-refractivity contribution in [1.82, 2.24) is 0 Å². The SMILES string of the molecule is C=CC(=O)OCCCCCCOc1ccc(C(=O)Oc2ccc(C3CCC(O)CC3)cc2)cc1. The van der Waals surface area contributed by atoms with Gasteiger partial charge in [0.25, 0.3) is 0 Å². The summed E-state index contributed by atoms with van der Waals surface area (Å²) in [5.41, 5.74) is 1.69. The summed E-state index contributed by atoms with van der Waals surface area (Å²) in [5.74, 6) is 0.896. The number of benzene rings is 2. The minimum Gasteiger partial charge on any atom is -0.494 e. The molecule has 1 fully saturated rings. The number of carbonyl (C=O) groups is 2. The average Bonchev–Trinajstić information content (AvgIpc) is 2.86. The van der Waals surface area contributed by atoms with E-state index in [4.69, 9.17) is 14.2 Å². The lowest BCUT2D eigenvalue weighted by Gasteiger charge is -2.25. The molecule has 0 unspecified atom stereocenters. The second-order valence-corrected chi connectivity index (χ2v) is 8.62. The molecular weight excluding hydrogens is 432 g/mol. The van der Waals surface area contributed by atoms with Gasteiger partial charge in [0.05, 0.1) is 24.9 Å². The van der Waals surface area contributed by atoms with Crippen LogP contribution in [0, 0.1) is 0 Å². The Labute approximate surface area is 201 Å². The molecule has 0 atom stereocenters. The van der Waals surface area contributed by atoms with E-state index in [-0.39, 0.29) is 12.1 Å². The third-order valence-electron chi connectivity index (χ3n) is 6.07. The van der Waals surface area contributed by atoms with E-state index in [1.165, 1.54) is 11.6 Å². The van der Waals surface area contributed by atoms with Crippen molar-refractivity contribution in [3.05, 3.63) is 72.3 Å². The second-order valence-electron chi connectivity index (χ2n) is 8.62. The summed E-state index contributed by atoms with van der Waals surface area (Å²) < 4.78 is 16.2. The van der Waals surface area contributed by atoms with E-state index in [0.29, 0.717) is 36.2 Å². The van der Waals surface area contributed by atoms with Gasteiger partial charge in [0.1, 0.15) is 11.5 Å². The minimum atomic E-state index is -0.405. The maximum atomic E-state index is 12.5. The molecule has 3 rings (SSSR count). The highest BCUT2D eigenvalue weighted by Crippen LogP contribution is 2.33. The van der Waals surface area contributed by atoms with Crippen molar-refractivity contribution in [2.75, 3.05) is 13.2 Å². The Morgan fingerprint density at radius 1 is 0.853 bits per heavy atom. The molecule has 0 aromatic heterocycles. The zero-order valence-corrected chi connectivity index (χ0v) is 19.6. The first-order chi connectivity index (χ1) is 16.5. The average molecular weight is 467 g/mol. The number of carbonyl (C=O) groups excluding carboxylic acids is 2. The molecule has 0 radical (unpaired) electrons. The summed E-state index contributed by atoms with van der Waals surface area (Å²) in [5, 5.41) is 9.67. The largest absolute Gasteiger partial charge is 0.494 e. The zero-order chi connectivity index (χ0) is 24.2. The van der Waals surface area contributed by atoms with Gasteiger partial charge in [-0.25, -0.2) is 9.59 Å². The molecule has 34 heavy (non-hydrogen) atoms. The third-order valence-corrected chi connectivity index (χ3v) is 6.07. The normalized spacial score (nSPS) is 17.6. The Bertz CT molecular complexity index is 911. The van der Waals surface area contributed by atoms with Crippen LogP contribution in [0.4, 0.5) is 0 Å². The highest BCUT2D eigenvalue weighted by Gasteiger charge is 2.20. The number of aliphatic hydroxyl groups excluding tert-OH is 1. The number of unbranched alkanes of at least 4 members (excludes halogenated alkanes) is 3. The topological polar surface area (TPSA) is 82.1 Å².